The summed E-state index contributed by atoms with van der Waals surface area (Å²) in [4.78, 5) is 27.0. The van der Waals surface area contributed by atoms with Crippen LogP contribution < -0.4 is 4.74 Å². The minimum absolute atomic E-state index is 0.0194. The highest BCUT2D eigenvalue weighted by atomic mass is 19.4. The molecule has 1 saturated heterocycles. The number of rotatable bonds is 7. The van der Waals surface area contributed by atoms with Crippen molar-refractivity contribution in [2.75, 3.05) is 20.8 Å². The number of benzene rings is 3. The number of carbonyl (C=O) groups excluding carboxylic acids is 2. The molecule has 0 radical (unpaired) electrons. The quantitative estimate of drug-likeness (QED) is 0.242. The Bertz CT molecular complexity index is 1710. The van der Waals surface area contributed by atoms with Crippen molar-refractivity contribution in [1.29, 1.82) is 0 Å². The minimum Gasteiger partial charge on any atom is -0.496 e. The van der Waals surface area contributed by atoms with E-state index in [-0.39, 0.29) is 12.0 Å². The smallest absolute Gasteiger partial charge is 0.416 e. The number of hydrogen-bond acceptors (Lipinski definition) is 5. The Morgan fingerprint density at radius 2 is 1.76 bits per heavy atom. The summed E-state index contributed by atoms with van der Waals surface area (Å²) in [6, 6.07) is 14.8. The lowest BCUT2D eigenvalue weighted by molar-refractivity contribution is -0.137. The zero-order valence-corrected chi connectivity index (χ0v) is 27.3. The number of halogens is 3. The summed E-state index contributed by atoms with van der Waals surface area (Å²) in [5.74, 6) is 0.305. The molecular formula is C37H40F3NO5. The number of amides is 1. The van der Waals surface area contributed by atoms with E-state index in [9.17, 15) is 22.8 Å². The summed E-state index contributed by atoms with van der Waals surface area (Å²) in [5, 5.41) is 0. The maximum absolute atomic E-state index is 13.6. The van der Waals surface area contributed by atoms with Crippen LogP contribution in [0.5, 0.6) is 5.75 Å². The van der Waals surface area contributed by atoms with Crippen LogP contribution in [0.2, 0.25) is 0 Å². The summed E-state index contributed by atoms with van der Waals surface area (Å²) in [6.45, 7) is 10.1. The number of carbonyl (C=O) groups is 2. The molecule has 1 aliphatic carbocycles. The predicted octanol–water partition coefficient (Wildman–Crippen LogP) is 9.33. The fourth-order valence-corrected chi connectivity index (χ4v) is 6.74. The number of methoxy groups -OCH3 is 2. The first-order valence-electron chi connectivity index (χ1n) is 15.4. The summed E-state index contributed by atoms with van der Waals surface area (Å²) >= 11 is 0. The minimum atomic E-state index is -4.50. The Labute approximate surface area is 268 Å². The average molecular weight is 636 g/mol. The zero-order chi connectivity index (χ0) is 33.6. The van der Waals surface area contributed by atoms with Crippen LogP contribution in [-0.4, -0.2) is 43.8 Å². The Balaban J connectivity index is 1.53. The van der Waals surface area contributed by atoms with E-state index in [2.05, 4.69) is 19.9 Å². The largest absolute Gasteiger partial charge is 0.496 e. The van der Waals surface area contributed by atoms with Crippen LogP contribution in [-0.2, 0) is 15.7 Å². The summed E-state index contributed by atoms with van der Waals surface area (Å²) in [7, 11) is 2.98. The number of alkyl halides is 3. The van der Waals surface area contributed by atoms with Crippen molar-refractivity contribution < 1.29 is 37.0 Å². The van der Waals surface area contributed by atoms with Crippen molar-refractivity contribution >= 4 is 17.6 Å². The van der Waals surface area contributed by atoms with E-state index in [1.807, 2.05) is 38.1 Å². The van der Waals surface area contributed by atoms with E-state index in [0.717, 1.165) is 64.8 Å². The molecule has 6 nitrogen and oxygen atoms in total. The van der Waals surface area contributed by atoms with Gasteiger partial charge in [-0.3, -0.25) is 4.90 Å². The highest BCUT2D eigenvalue weighted by Gasteiger charge is 2.42. The van der Waals surface area contributed by atoms with Crippen LogP contribution in [0.1, 0.15) is 84.3 Å². The van der Waals surface area contributed by atoms with Crippen LogP contribution in [0.15, 0.2) is 60.2 Å². The Kier molecular flexibility index (Phi) is 8.99. The molecule has 0 spiro atoms. The lowest BCUT2D eigenvalue weighted by Gasteiger charge is -2.36. The number of ether oxygens (including phenoxy) is 3. The highest BCUT2D eigenvalue weighted by Crippen LogP contribution is 2.47. The molecule has 0 unspecified atom stereocenters. The molecule has 5 rings (SSSR count). The van der Waals surface area contributed by atoms with Gasteiger partial charge < -0.3 is 14.2 Å². The average Bonchev–Trinajstić information content (AvgIpc) is 3.27. The van der Waals surface area contributed by atoms with Crippen LogP contribution >= 0.6 is 0 Å². The molecule has 2 aliphatic rings. The number of esters is 1. The molecule has 0 N–H and O–H groups in total. The van der Waals surface area contributed by atoms with Crippen molar-refractivity contribution in [3.05, 3.63) is 93.6 Å². The van der Waals surface area contributed by atoms with Gasteiger partial charge in [-0.15, -0.1) is 0 Å². The SMILES string of the molecule is COC(=O)c1ccc(-c2ccc(OC)c(C3=C(CN4C(=O)O[C@@H](c5cc(C)cc(C(F)(F)F)c5)[C@H]4C)CC(C)(C)CC3)c2)c(C)c1. The Hall–Kier alpha value is -4.27. The molecule has 0 saturated carbocycles. The maximum atomic E-state index is 13.6. The molecule has 46 heavy (non-hydrogen) atoms. The van der Waals surface area contributed by atoms with Gasteiger partial charge in [0, 0.05) is 12.1 Å². The number of hydrogen-bond donors (Lipinski definition) is 0. The van der Waals surface area contributed by atoms with Gasteiger partial charge in [0.25, 0.3) is 0 Å². The first-order valence-corrected chi connectivity index (χ1v) is 15.4. The first kappa shape index (κ1) is 33.1. The summed E-state index contributed by atoms with van der Waals surface area (Å²) in [6.07, 6.45) is -3.47. The van der Waals surface area contributed by atoms with Gasteiger partial charge >= 0.3 is 18.2 Å². The first-order chi connectivity index (χ1) is 21.6. The second kappa shape index (κ2) is 12.5. The third kappa shape index (κ3) is 6.64. The van der Waals surface area contributed by atoms with E-state index in [0.29, 0.717) is 22.4 Å². The highest BCUT2D eigenvalue weighted by molar-refractivity contribution is 5.91. The standard InChI is InChI=1S/C37H40F3NO5/c1-21-14-26(17-28(15-21)37(38,39)40)33-23(3)41(35(43)46-33)20-27-19-36(4,5)13-12-30(27)31-18-24(9-11-32(31)44-6)29-10-8-25(16-22(29)2)34(42)45-7/h8-11,14-18,23,33H,12-13,19-20H2,1-7H3/t23-,33-/m1/s1. The summed E-state index contributed by atoms with van der Waals surface area (Å²) < 4.78 is 57.3. The maximum Gasteiger partial charge on any atom is 0.416 e. The second-order valence-electron chi connectivity index (χ2n) is 13.2. The van der Waals surface area contributed by atoms with Crippen LogP contribution in [0.4, 0.5) is 18.0 Å². The van der Waals surface area contributed by atoms with Gasteiger partial charge in [-0.25, -0.2) is 9.59 Å². The molecule has 2 atom stereocenters. The second-order valence-corrected chi connectivity index (χ2v) is 13.2. The normalized spacial score (nSPS) is 19.7. The molecule has 1 fully saturated rings. The fraction of sp³-hybridized carbons (Fsp3) is 0.405. The summed E-state index contributed by atoms with van der Waals surface area (Å²) in [5.41, 5.74) is 6.39. The topological polar surface area (TPSA) is 65.1 Å². The van der Waals surface area contributed by atoms with Crippen LogP contribution in [0.3, 0.4) is 0 Å². The molecule has 1 aliphatic heterocycles. The van der Waals surface area contributed by atoms with Crippen LogP contribution in [0, 0.1) is 19.3 Å². The molecular weight excluding hydrogens is 595 g/mol. The van der Waals surface area contributed by atoms with Crippen molar-refractivity contribution in [3.63, 3.8) is 0 Å². The molecule has 3 aromatic carbocycles. The molecule has 244 valence electrons. The van der Waals surface area contributed by atoms with Crippen molar-refractivity contribution in [2.24, 2.45) is 5.41 Å². The van der Waals surface area contributed by atoms with E-state index in [4.69, 9.17) is 14.2 Å². The van der Waals surface area contributed by atoms with Crippen molar-refractivity contribution in [1.82, 2.24) is 4.90 Å². The molecule has 1 heterocycles. The van der Waals surface area contributed by atoms with Gasteiger partial charge in [-0.2, -0.15) is 13.2 Å². The van der Waals surface area contributed by atoms with Gasteiger partial charge in [0.15, 0.2) is 0 Å². The Morgan fingerprint density at radius 1 is 1.02 bits per heavy atom. The molecule has 1 amide bonds. The number of cyclic esters (lactones) is 1. The Morgan fingerprint density at radius 3 is 2.41 bits per heavy atom. The lowest BCUT2D eigenvalue weighted by atomic mass is 9.72. The lowest BCUT2D eigenvalue weighted by Crippen LogP contribution is -2.35. The van der Waals surface area contributed by atoms with E-state index in [1.165, 1.54) is 7.11 Å². The van der Waals surface area contributed by atoms with Gasteiger partial charge in [0.05, 0.1) is 31.4 Å². The van der Waals surface area contributed by atoms with Gasteiger partial charge in [0.1, 0.15) is 11.9 Å². The van der Waals surface area contributed by atoms with E-state index >= 15 is 0 Å². The van der Waals surface area contributed by atoms with Gasteiger partial charge in [-0.1, -0.05) is 37.6 Å². The van der Waals surface area contributed by atoms with E-state index in [1.54, 1.807) is 31.1 Å². The van der Waals surface area contributed by atoms with Crippen LogP contribution in [0.25, 0.3) is 16.7 Å². The van der Waals surface area contributed by atoms with Gasteiger partial charge in [0.2, 0.25) is 0 Å². The third-order valence-corrected chi connectivity index (χ3v) is 9.16. The zero-order valence-electron chi connectivity index (χ0n) is 27.3. The van der Waals surface area contributed by atoms with E-state index < -0.39 is 35.9 Å². The molecule has 9 heteroatoms. The third-order valence-electron chi connectivity index (χ3n) is 9.16. The molecule has 0 bridgehead atoms. The van der Waals surface area contributed by atoms with Crippen molar-refractivity contribution in [3.8, 4) is 16.9 Å². The number of aryl methyl sites for hydroxylation is 2. The van der Waals surface area contributed by atoms with Crippen molar-refractivity contribution in [2.45, 2.75) is 72.2 Å². The monoisotopic (exact) mass is 635 g/mol. The van der Waals surface area contributed by atoms with Gasteiger partial charge in [-0.05, 0) is 115 Å². The number of nitrogens with zero attached hydrogens (tertiary/aromatic N) is 1. The number of allylic oxidation sites excluding steroid dienone is 1. The molecule has 3 aromatic rings. The molecule has 0 aromatic heterocycles. The fourth-order valence-electron chi connectivity index (χ4n) is 6.74. The predicted molar refractivity (Wildman–Crippen MR) is 171 cm³/mol.